The summed E-state index contributed by atoms with van der Waals surface area (Å²) in [7, 11) is 0. The van der Waals surface area contributed by atoms with E-state index in [1.165, 1.54) is 48.7 Å². The number of benzene rings is 1. The number of rotatable bonds is 6. The fraction of sp³-hybridized carbons (Fsp3) is 0.556. The minimum Gasteiger partial charge on any atom is -0.382 e. The molecule has 0 amide bonds. The predicted octanol–water partition coefficient (Wildman–Crippen LogP) is 3.90. The van der Waals surface area contributed by atoms with E-state index in [2.05, 4.69) is 10.1 Å². The van der Waals surface area contributed by atoms with Crippen LogP contribution in [-0.4, -0.2) is 30.4 Å². The Bertz CT molecular complexity index is 692. The smallest absolute Gasteiger partial charge is 0.137 e. The van der Waals surface area contributed by atoms with Crippen molar-refractivity contribution in [3.8, 4) is 0 Å². The second-order valence-electron chi connectivity index (χ2n) is 6.68. The Kier molecular flexibility index (Phi) is 5.74. The van der Waals surface area contributed by atoms with Gasteiger partial charge in [-0.1, -0.05) is 32.3 Å². The van der Waals surface area contributed by atoms with Gasteiger partial charge in [-0.25, -0.2) is 18.4 Å². The van der Waals surface area contributed by atoms with E-state index in [4.69, 9.17) is 0 Å². The van der Waals surface area contributed by atoms with Gasteiger partial charge in [0.25, 0.3) is 0 Å². The normalized spacial score (nSPS) is 19.5. The summed E-state index contributed by atoms with van der Waals surface area (Å²) >= 11 is 1.69. The largest absolute Gasteiger partial charge is 0.382 e. The van der Waals surface area contributed by atoms with Crippen LogP contribution in [0.15, 0.2) is 30.9 Å². The summed E-state index contributed by atoms with van der Waals surface area (Å²) in [4.78, 5) is 3.89. The van der Waals surface area contributed by atoms with Crippen LogP contribution in [0.4, 0.5) is 8.78 Å². The van der Waals surface area contributed by atoms with Crippen molar-refractivity contribution in [1.82, 2.24) is 14.8 Å². The topological polar surface area (TPSA) is 50.9 Å². The quantitative estimate of drug-likeness (QED) is 0.841. The van der Waals surface area contributed by atoms with Gasteiger partial charge in [0.15, 0.2) is 0 Å². The van der Waals surface area contributed by atoms with Crippen molar-refractivity contribution in [3.63, 3.8) is 0 Å². The van der Waals surface area contributed by atoms with Gasteiger partial charge in [-0.15, -0.1) is 0 Å². The molecule has 1 aromatic carbocycles. The van der Waals surface area contributed by atoms with Gasteiger partial charge in [-0.05, 0) is 18.9 Å². The molecular weight excluding hydrogens is 344 g/mol. The highest BCUT2D eigenvalue weighted by atomic mass is 32.2. The van der Waals surface area contributed by atoms with Gasteiger partial charge in [0.05, 0.1) is 6.54 Å². The number of aromatic nitrogens is 3. The third-order valence-electron chi connectivity index (χ3n) is 4.89. The van der Waals surface area contributed by atoms with E-state index in [9.17, 15) is 13.9 Å². The molecule has 25 heavy (non-hydrogen) atoms. The van der Waals surface area contributed by atoms with Gasteiger partial charge in [-0.2, -0.15) is 16.9 Å². The second-order valence-corrected chi connectivity index (χ2v) is 8.33. The Hall–Kier alpha value is -1.47. The van der Waals surface area contributed by atoms with E-state index >= 15 is 0 Å². The van der Waals surface area contributed by atoms with Gasteiger partial charge in [-0.3, -0.25) is 0 Å². The van der Waals surface area contributed by atoms with Crippen LogP contribution in [0.25, 0.3) is 0 Å². The number of thioether (sulfide) groups is 1. The van der Waals surface area contributed by atoms with Gasteiger partial charge in [0.2, 0.25) is 0 Å². The molecule has 4 nitrogen and oxygen atoms in total. The van der Waals surface area contributed by atoms with E-state index in [1.807, 2.05) is 6.92 Å². The van der Waals surface area contributed by atoms with Gasteiger partial charge >= 0.3 is 0 Å². The molecule has 0 aliphatic heterocycles. The highest BCUT2D eigenvalue weighted by Crippen LogP contribution is 2.41. The summed E-state index contributed by atoms with van der Waals surface area (Å²) in [5.41, 5.74) is -1.41. The van der Waals surface area contributed by atoms with Crippen molar-refractivity contribution < 1.29 is 13.9 Å². The first-order valence-electron chi connectivity index (χ1n) is 8.65. The molecule has 1 heterocycles. The zero-order valence-corrected chi connectivity index (χ0v) is 15.1. The molecule has 1 aliphatic carbocycles. The average Bonchev–Trinajstić information content (AvgIpc) is 3.08. The van der Waals surface area contributed by atoms with E-state index in [0.29, 0.717) is 5.25 Å². The summed E-state index contributed by atoms with van der Waals surface area (Å²) in [6.07, 6.45) is 8.72. The molecule has 0 spiro atoms. The number of hydrogen-bond donors (Lipinski definition) is 1. The summed E-state index contributed by atoms with van der Waals surface area (Å²) in [5, 5.41) is 15.7. The third-order valence-corrected chi connectivity index (χ3v) is 6.54. The lowest BCUT2D eigenvalue weighted by molar-refractivity contribution is 0.0131. The van der Waals surface area contributed by atoms with Crippen LogP contribution in [0.5, 0.6) is 0 Å². The zero-order valence-electron chi connectivity index (χ0n) is 14.2. The minimum absolute atomic E-state index is 0.0659. The van der Waals surface area contributed by atoms with E-state index in [-0.39, 0.29) is 17.4 Å². The van der Waals surface area contributed by atoms with Crippen LogP contribution in [0, 0.1) is 11.6 Å². The summed E-state index contributed by atoms with van der Waals surface area (Å²) < 4.78 is 29.3. The van der Waals surface area contributed by atoms with Crippen LogP contribution >= 0.6 is 11.8 Å². The molecule has 1 aromatic heterocycles. The SMILES string of the molecule is C[C@@H](SC1CCCCC1)C(O)(Cn1cncn1)c1ccc(F)cc1F. The maximum atomic E-state index is 14.5. The minimum atomic E-state index is -1.51. The van der Waals surface area contributed by atoms with Crippen LogP contribution < -0.4 is 0 Å². The Morgan fingerprint density at radius 3 is 2.72 bits per heavy atom. The monoisotopic (exact) mass is 367 g/mol. The molecule has 2 atom stereocenters. The number of aliphatic hydroxyl groups is 1. The first kappa shape index (κ1) is 18.3. The van der Waals surface area contributed by atoms with Crippen molar-refractivity contribution in [3.05, 3.63) is 48.1 Å². The fourth-order valence-corrected chi connectivity index (χ4v) is 5.05. The maximum absolute atomic E-state index is 14.5. The molecule has 136 valence electrons. The highest BCUT2D eigenvalue weighted by molar-refractivity contribution is 8.00. The van der Waals surface area contributed by atoms with Crippen molar-refractivity contribution >= 4 is 11.8 Å². The fourth-order valence-electron chi connectivity index (χ4n) is 3.44. The lowest BCUT2D eigenvalue weighted by Gasteiger charge is -2.37. The van der Waals surface area contributed by atoms with Crippen molar-refractivity contribution in [2.75, 3.05) is 0 Å². The van der Waals surface area contributed by atoms with E-state index in [1.54, 1.807) is 11.8 Å². The maximum Gasteiger partial charge on any atom is 0.137 e. The first-order chi connectivity index (χ1) is 12.0. The zero-order chi connectivity index (χ0) is 17.9. The Morgan fingerprint density at radius 1 is 1.32 bits per heavy atom. The summed E-state index contributed by atoms with van der Waals surface area (Å²) in [6, 6.07) is 3.34. The Labute approximate surface area is 150 Å². The summed E-state index contributed by atoms with van der Waals surface area (Å²) in [6.45, 7) is 1.97. The molecule has 7 heteroatoms. The Balaban J connectivity index is 1.89. The second kappa shape index (κ2) is 7.83. The highest BCUT2D eigenvalue weighted by Gasteiger charge is 2.40. The number of hydrogen-bond acceptors (Lipinski definition) is 4. The standard InChI is InChI=1S/C18H23F2N3OS/c1-13(25-15-5-3-2-4-6-15)18(24,10-23-12-21-11-22-23)16-8-7-14(19)9-17(16)20/h7-9,11-13,15,24H,2-6,10H2,1H3/t13-,18?/m1/s1. The number of halogens is 2. The molecule has 1 aliphatic rings. The van der Waals surface area contributed by atoms with E-state index < -0.39 is 17.2 Å². The predicted molar refractivity (Wildman–Crippen MR) is 94.2 cm³/mol. The lowest BCUT2D eigenvalue weighted by atomic mass is 9.90. The first-order valence-corrected chi connectivity index (χ1v) is 9.59. The molecule has 0 bridgehead atoms. The summed E-state index contributed by atoms with van der Waals surface area (Å²) in [5.74, 6) is -1.39. The molecule has 1 N–H and O–H groups in total. The third kappa shape index (κ3) is 4.20. The van der Waals surface area contributed by atoms with Gasteiger partial charge < -0.3 is 5.11 Å². The van der Waals surface area contributed by atoms with Gasteiger partial charge in [0.1, 0.15) is 29.9 Å². The molecular formula is C18H23F2N3OS. The van der Waals surface area contributed by atoms with Crippen LogP contribution in [-0.2, 0) is 12.1 Å². The van der Waals surface area contributed by atoms with Crippen LogP contribution in [0.3, 0.4) is 0 Å². The molecule has 2 aromatic rings. The molecule has 1 unspecified atom stereocenters. The molecule has 0 saturated heterocycles. The van der Waals surface area contributed by atoms with Crippen molar-refractivity contribution in [2.45, 2.75) is 61.7 Å². The lowest BCUT2D eigenvalue weighted by Crippen LogP contribution is -2.42. The molecule has 0 radical (unpaired) electrons. The molecule has 1 fully saturated rings. The Morgan fingerprint density at radius 2 is 2.08 bits per heavy atom. The molecule has 3 rings (SSSR count). The van der Waals surface area contributed by atoms with Gasteiger partial charge in [0, 0.05) is 22.1 Å². The van der Waals surface area contributed by atoms with E-state index in [0.717, 1.165) is 18.9 Å². The van der Waals surface area contributed by atoms with Crippen LogP contribution in [0.2, 0.25) is 0 Å². The number of nitrogens with zero attached hydrogens (tertiary/aromatic N) is 3. The van der Waals surface area contributed by atoms with Crippen LogP contribution in [0.1, 0.15) is 44.6 Å². The van der Waals surface area contributed by atoms with Crippen molar-refractivity contribution in [1.29, 1.82) is 0 Å². The van der Waals surface area contributed by atoms with Crippen molar-refractivity contribution in [2.24, 2.45) is 0 Å². The average molecular weight is 367 g/mol. The molecule has 1 saturated carbocycles.